The van der Waals surface area contributed by atoms with Crippen molar-refractivity contribution in [2.24, 2.45) is 0 Å². The van der Waals surface area contributed by atoms with Gasteiger partial charge in [0.05, 0.1) is 23.7 Å². The van der Waals surface area contributed by atoms with E-state index in [1.807, 2.05) is 56.0 Å². The Balaban J connectivity index is 1.19. The highest BCUT2D eigenvalue weighted by Crippen LogP contribution is 2.46. The van der Waals surface area contributed by atoms with Gasteiger partial charge in [-0.1, -0.05) is 36.3 Å². The van der Waals surface area contributed by atoms with Gasteiger partial charge in [-0.25, -0.2) is 18.6 Å². The SMILES string of the molecule is C#Cc1cccc2cccc(-c3nc4c5c(nc(OC[C@@]67CCCN6C[C@H](F)C7)nc5c3F)N3C[C@H]5CC[C@@H]([C@H]3CO4)N5C(=O)OC(C)(C)C)c12. The third-order valence-electron chi connectivity index (χ3n) is 11.3. The van der Waals surface area contributed by atoms with Gasteiger partial charge in [0, 0.05) is 36.0 Å². The molecule has 2 aromatic heterocycles. The molecule has 0 N–H and O–H groups in total. The number of hydrogen-bond donors (Lipinski definition) is 0. The second kappa shape index (κ2) is 11.6. The summed E-state index contributed by atoms with van der Waals surface area (Å²) in [4.78, 5) is 34.1. The Kier molecular flexibility index (Phi) is 7.34. The highest BCUT2D eigenvalue weighted by Gasteiger charge is 2.52. The van der Waals surface area contributed by atoms with Gasteiger partial charge in [0.25, 0.3) is 0 Å². The zero-order valence-corrected chi connectivity index (χ0v) is 29.0. The Morgan fingerprint density at radius 3 is 2.73 bits per heavy atom. The van der Waals surface area contributed by atoms with Crippen molar-refractivity contribution < 1.29 is 27.8 Å². The Morgan fingerprint density at radius 1 is 1.10 bits per heavy atom. The van der Waals surface area contributed by atoms with Crippen LogP contribution in [0.4, 0.5) is 19.4 Å². The van der Waals surface area contributed by atoms with Crippen LogP contribution in [0, 0.1) is 18.2 Å². The molecule has 4 saturated heterocycles. The summed E-state index contributed by atoms with van der Waals surface area (Å²) in [6.45, 7) is 7.58. The number of benzene rings is 2. The number of terminal acetylenes is 1. The first-order valence-electron chi connectivity index (χ1n) is 17.9. The molecule has 2 aromatic carbocycles. The summed E-state index contributed by atoms with van der Waals surface area (Å²) in [6, 6.07) is 10.5. The fourth-order valence-electron chi connectivity index (χ4n) is 9.21. The lowest BCUT2D eigenvalue weighted by atomic mass is 9.95. The average Bonchev–Trinajstić information content (AvgIpc) is 3.70. The highest BCUT2D eigenvalue weighted by atomic mass is 19.1. The topological polar surface area (TPSA) is 93.2 Å². The zero-order chi connectivity index (χ0) is 35.2. The van der Waals surface area contributed by atoms with Gasteiger partial charge < -0.3 is 19.1 Å². The van der Waals surface area contributed by atoms with Crippen molar-refractivity contribution in [3.05, 3.63) is 47.8 Å². The van der Waals surface area contributed by atoms with E-state index >= 15 is 4.39 Å². The highest BCUT2D eigenvalue weighted by molar-refractivity contribution is 6.03. The number of nitrogens with zero attached hydrogens (tertiary/aromatic N) is 6. The molecule has 5 atom stereocenters. The molecule has 4 aromatic rings. The fraction of sp³-hybridized carbons (Fsp3) is 0.487. The number of piperazine rings is 1. The first-order chi connectivity index (χ1) is 24.5. The number of aromatic nitrogens is 3. The summed E-state index contributed by atoms with van der Waals surface area (Å²) in [7, 11) is 0. The molecule has 0 radical (unpaired) electrons. The number of amides is 1. The normalized spacial score (nSPS) is 26.8. The maximum atomic E-state index is 17.2. The van der Waals surface area contributed by atoms with E-state index in [9.17, 15) is 9.18 Å². The van der Waals surface area contributed by atoms with Crippen molar-refractivity contribution >= 4 is 33.6 Å². The minimum Gasteiger partial charge on any atom is -0.475 e. The van der Waals surface area contributed by atoms with E-state index in [1.54, 1.807) is 6.07 Å². The van der Waals surface area contributed by atoms with Crippen LogP contribution >= 0.6 is 0 Å². The monoisotopic (exact) mass is 694 g/mol. The van der Waals surface area contributed by atoms with E-state index in [1.165, 1.54) is 0 Å². The van der Waals surface area contributed by atoms with Crippen LogP contribution in [0.15, 0.2) is 36.4 Å². The molecule has 0 spiro atoms. The third-order valence-corrected chi connectivity index (χ3v) is 11.3. The van der Waals surface area contributed by atoms with Crippen LogP contribution < -0.4 is 14.4 Å². The van der Waals surface area contributed by atoms with E-state index in [0.717, 1.165) is 37.6 Å². The van der Waals surface area contributed by atoms with Gasteiger partial charge in [0.15, 0.2) is 5.82 Å². The average molecular weight is 695 g/mol. The van der Waals surface area contributed by atoms with Crippen LogP contribution in [-0.4, -0.2) is 99.1 Å². The molecule has 51 heavy (non-hydrogen) atoms. The maximum absolute atomic E-state index is 17.2. The van der Waals surface area contributed by atoms with E-state index in [0.29, 0.717) is 47.2 Å². The predicted molar refractivity (Wildman–Crippen MR) is 188 cm³/mol. The Labute approximate surface area is 295 Å². The molecule has 5 aliphatic rings. The summed E-state index contributed by atoms with van der Waals surface area (Å²) in [5.74, 6) is 2.74. The van der Waals surface area contributed by atoms with Crippen molar-refractivity contribution in [1.29, 1.82) is 0 Å². The van der Waals surface area contributed by atoms with Crippen LogP contribution in [0.1, 0.15) is 58.4 Å². The molecule has 0 aliphatic carbocycles. The number of hydrogen-bond acceptors (Lipinski definition) is 9. The second-order valence-corrected chi connectivity index (χ2v) is 15.6. The van der Waals surface area contributed by atoms with Crippen LogP contribution in [0.3, 0.4) is 0 Å². The first kappa shape index (κ1) is 32.2. The number of carbonyl (C=O) groups excluding carboxylic acids is 1. The number of alkyl halides is 1. The standard InChI is InChI=1S/C39H40F2N6O4/c1-5-22-9-6-10-23-11-7-12-26(29(22)23)32-31(41)33-30-34(44-36(43-33)50-21-39-15-8-16-45(39)18-24(40)17-39)46-19-25-13-14-27(28(46)20-49-35(30)42-32)47(25)37(48)51-38(2,3)4/h1,6-7,9-12,24-25,27-28H,8,13-21H2,2-4H3/t24-,25-,27+,28-,39+/m1/s1. The zero-order valence-electron chi connectivity index (χ0n) is 29.0. The predicted octanol–water partition coefficient (Wildman–Crippen LogP) is 6.27. The number of pyridine rings is 1. The molecular formula is C39H40F2N6O4. The van der Waals surface area contributed by atoms with Crippen molar-refractivity contribution in [3.8, 4) is 35.5 Å². The summed E-state index contributed by atoms with van der Waals surface area (Å²) in [5.41, 5.74) is 0.0987. The lowest BCUT2D eigenvalue weighted by molar-refractivity contribution is 0.00538. The van der Waals surface area contributed by atoms with Crippen molar-refractivity contribution in [2.45, 2.75) is 88.3 Å². The quantitative estimate of drug-likeness (QED) is 0.229. The van der Waals surface area contributed by atoms with Gasteiger partial charge in [-0.2, -0.15) is 9.97 Å². The molecule has 2 bridgehead atoms. The maximum Gasteiger partial charge on any atom is 0.410 e. The van der Waals surface area contributed by atoms with Crippen molar-refractivity contribution in [3.63, 3.8) is 0 Å². The van der Waals surface area contributed by atoms with E-state index in [4.69, 9.17) is 35.6 Å². The molecule has 264 valence electrons. The summed E-state index contributed by atoms with van der Waals surface area (Å²) in [5, 5.41) is 1.89. The molecule has 0 unspecified atom stereocenters. The fourth-order valence-corrected chi connectivity index (χ4v) is 9.21. The molecule has 10 nitrogen and oxygen atoms in total. The molecule has 4 fully saturated rings. The number of fused-ring (bicyclic) bond motifs is 7. The van der Waals surface area contributed by atoms with Gasteiger partial charge >= 0.3 is 12.1 Å². The molecule has 7 heterocycles. The van der Waals surface area contributed by atoms with Gasteiger partial charge in [-0.3, -0.25) is 9.80 Å². The molecule has 12 heteroatoms. The number of ether oxygens (including phenoxy) is 3. The Bertz CT molecular complexity index is 2130. The lowest BCUT2D eigenvalue weighted by Crippen LogP contribution is -2.63. The summed E-state index contributed by atoms with van der Waals surface area (Å²) < 4.78 is 50.6. The molecule has 1 amide bonds. The van der Waals surface area contributed by atoms with Gasteiger partial charge in [-0.05, 0) is 64.5 Å². The number of halogens is 2. The lowest BCUT2D eigenvalue weighted by Gasteiger charge is -2.46. The van der Waals surface area contributed by atoms with E-state index in [-0.39, 0.29) is 60.5 Å². The van der Waals surface area contributed by atoms with Crippen LogP contribution in [0.5, 0.6) is 11.9 Å². The van der Waals surface area contributed by atoms with Crippen molar-refractivity contribution in [2.75, 3.05) is 37.7 Å². The van der Waals surface area contributed by atoms with Gasteiger partial charge in [0.2, 0.25) is 5.88 Å². The molecule has 0 saturated carbocycles. The van der Waals surface area contributed by atoms with Crippen LogP contribution in [0.25, 0.3) is 32.9 Å². The summed E-state index contributed by atoms with van der Waals surface area (Å²) >= 11 is 0. The Hall–Kier alpha value is -4.76. The van der Waals surface area contributed by atoms with E-state index in [2.05, 4.69) is 15.7 Å². The van der Waals surface area contributed by atoms with Gasteiger partial charge in [0.1, 0.15) is 47.4 Å². The smallest absolute Gasteiger partial charge is 0.410 e. The van der Waals surface area contributed by atoms with E-state index < -0.39 is 23.1 Å². The minimum atomic E-state index is -0.923. The molecular weight excluding hydrogens is 654 g/mol. The number of rotatable bonds is 4. The first-order valence-corrected chi connectivity index (χ1v) is 17.9. The number of anilines is 1. The molecule has 9 rings (SSSR count). The third kappa shape index (κ3) is 5.14. The minimum absolute atomic E-state index is 0.00726. The molecule has 5 aliphatic heterocycles. The van der Waals surface area contributed by atoms with Gasteiger partial charge in [-0.15, -0.1) is 6.42 Å². The second-order valence-electron chi connectivity index (χ2n) is 15.6. The largest absolute Gasteiger partial charge is 0.475 e. The van der Waals surface area contributed by atoms with Crippen LogP contribution in [-0.2, 0) is 4.74 Å². The van der Waals surface area contributed by atoms with Crippen LogP contribution in [0.2, 0.25) is 0 Å². The number of carbonyl (C=O) groups is 1. The Morgan fingerprint density at radius 2 is 1.92 bits per heavy atom. The van der Waals surface area contributed by atoms with Crippen molar-refractivity contribution in [1.82, 2.24) is 24.8 Å². The summed E-state index contributed by atoms with van der Waals surface area (Å²) in [6.07, 6.45) is 8.32.